The van der Waals surface area contributed by atoms with Gasteiger partial charge in [-0.1, -0.05) is 28.1 Å². The van der Waals surface area contributed by atoms with Crippen molar-refractivity contribution in [2.75, 3.05) is 13.2 Å². The molecule has 0 radical (unpaired) electrons. The second-order valence-corrected chi connectivity index (χ2v) is 5.65. The molecule has 1 N–H and O–H groups in total. The van der Waals surface area contributed by atoms with Gasteiger partial charge in [0.2, 0.25) is 0 Å². The van der Waals surface area contributed by atoms with Gasteiger partial charge in [0.15, 0.2) is 0 Å². The van der Waals surface area contributed by atoms with Crippen LogP contribution in [0.2, 0.25) is 0 Å². The van der Waals surface area contributed by atoms with E-state index < -0.39 is 0 Å². The van der Waals surface area contributed by atoms with Crippen molar-refractivity contribution in [2.24, 2.45) is 0 Å². The highest BCUT2D eigenvalue weighted by molar-refractivity contribution is 9.10. The predicted octanol–water partition coefficient (Wildman–Crippen LogP) is 4.32. The van der Waals surface area contributed by atoms with Gasteiger partial charge in [0.05, 0.1) is 6.61 Å². The lowest BCUT2D eigenvalue weighted by molar-refractivity contribution is 0.335. The first-order valence-corrected chi connectivity index (χ1v) is 7.84. The predicted molar refractivity (Wildman–Crippen MR) is 87.1 cm³/mol. The molecular formula is C17H19BrFNO. The van der Waals surface area contributed by atoms with Gasteiger partial charge in [-0.25, -0.2) is 4.39 Å². The summed E-state index contributed by atoms with van der Waals surface area (Å²) in [6.07, 6.45) is 0.873. The number of ether oxygens (including phenoxy) is 1. The van der Waals surface area contributed by atoms with Crippen molar-refractivity contribution in [3.05, 3.63) is 63.9 Å². The molecule has 0 spiro atoms. The summed E-state index contributed by atoms with van der Waals surface area (Å²) in [5.41, 5.74) is 2.26. The number of benzene rings is 2. The molecule has 2 aromatic carbocycles. The first kappa shape index (κ1) is 16.0. The minimum Gasteiger partial charge on any atom is -0.494 e. The molecule has 0 atom stereocenters. The summed E-state index contributed by atoms with van der Waals surface area (Å²) in [5, 5.41) is 3.40. The van der Waals surface area contributed by atoms with E-state index in [4.69, 9.17) is 4.74 Å². The van der Waals surface area contributed by atoms with Gasteiger partial charge >= 0.3 is 0 Å². The standard InChI is InChI=1S/C17H19BrFNO/c1-2-21-17-8-5-15(18)11-14(17)12-20-10-9-13-3-6-16(19)7-4-13/h3-8,11,20H,2,9-10,12H2,1H3. The topological polar surface area (TPSA) is 21.3 Å². The zero-order chi connectivity index (χ0) is 15.1. The van der Waals surface area contributed by atoms with Crippen LogP contribution in [0.3, 0.4) is 0 Å². The van der Waals surface area contributed by atoms with Crippen molar-refractivity contribution in [3.63, 3.8) is 0 Å². The van der Waals surface area contributed by atoms with Gasteiger partial charge in [0, 0.05) is 16.6 Å². The molecule has 2 nitrogen and oxygen atoms in total. The first-order valence-electron chi connectivity index (χ1n) is 7.05. The second-order valence-electron chi connectivity index (χ2n) is 4.74. The van der Waals surface area contributed by atoms with Gasteiger partial charge < -0.3 is 10.1 Å². The Kier molecular flexibility index (Phi) is 6.21. The molecule has 2 aromatic rings. The smallest absolute Gasteiger partial charge is 0.123 e. The second kappa shape index (κ2) is 8.15. The Bertz CT molecular complexity index is 572. The number of rotatable bonds is 7. The number of hydrogen-bond acceptors (Lipinski definition) is 2. The lowest BCUT2D eigenvalue weighted by atomic mass is 10.1. The van der Waals surface area contributed by atoms with Crippen molar-refractivity contribution < 1.29 is 9.13 Å². The summed E-state index contributed by atoms with van der Waals surface area (Å²) in [4.78, 5) is 0. The molecule has 0 heterocycles. The molecule has 2 rings (SSSR count). The molecule has 0 aliphatic carbocycles. The molecule has 0 saturated carbocycles. The van der Waals surface area contributed by atoms with Crippen molar-refractivity contribution in [3.8, 4) is 5.75 Å². The summed E-state index contributed by atoms with van der Waals surface area (Å²) in [6.45, 7) is 4.22. The van der Waals surface area contributed by atoms with Crippen LogP contribution in [0, 0.1) is 5.82 Å². The summed E-state index contributed by atoms with van der Waals surface area (Å²) in [6, 6.07) is 12.7. The maximum atomic E-state index is 12.8. The lowest BCUT2D eigenvalue weighted by Crippen LogP contribution is -2.17. The normalized spacial score (nSPS) is 10.6. The maximum Gasteiger partial charge on any atom is 0.123 e. The molecule has 4 heteroatoms. The summed E-state index contributed by atoms with van der Waals surface area (Å²) in [7, 11) is 0. The van der Waals surface area contributed by atoms with E-state index in [0.717, 1.165) is 40.9 Å². The molecule has 0 bridgehead atoms. The molecule has 0 saturated heterocycles. The Balaban J connectivity index is 1.85. The molecule has 0 aliphatic rings. The van der Waals surface area contributed by atoms with Crippen LogP contribution < -0.4 is 10.1 Å². The fraction of sp³-hybridized carbons (Fsp3) is 0.294. The van der Waals surface area contributed by atoms with Gasteiger partial charge in [-0.05, 0) is 55.8 Å². The van der Waals surface area contributed by atoms with E-state index >= 15 is 0 Å². The number of nitrogens with one attached hydrogen (secondary N) is 1. The highest BCUT2D eigenvalue weighted by Crippen LogP contribution is 2.23. The summed E-state index contributed by atoms with van der Waals surface area (Å²) >= 11 is 3.48. The fourth-order valence-corrected chi connectivity index (χ4v) is 2.50. The average Bonchev–Trinajstić information content (AvgIpc) is 2.48. The molecule has 0 amide bonds. The largest absolute Gasteiger partial charge is 0.494 e. The van der Waals surface area contributed by atoms with E-state index in [1.807, 2.05) is 31.2 Å². The molecule has 0 aromatic heterocycles. The molecular weight excluding hydrogens is 333 g/mol. The van der Waals surface area contributed by atoms with Crippen LogP contribution >= 0.6 is 15.9 Å². The van der Waals surface area contributed by atoms with Crippen LogP contribution in [0.25, 0.3) is 0 Å². The third kappa shape index (κ3) is 5.14. The molecule has 0 aliphatic heterocycles. The number of halogens is 2. The average molecular weight is 352 g/mol. The zero-order valence-corrected chi connectivity index (χ0v) is 13.6. The monoisotopic (exact) mass is 351 g/mol. The highest BCUT2D eigenvalue weighted by Gasteiger charge is 2.04. The minimum atomic E-state index is -0.192. The van der Waals surface area contributed by atoms with Gasteiger partial charge in [-0.15, -0.1) is 0 Å². The van der Waals surface area contributed by atoms with Gasteiger partial charge in [0.25, 0.3) is 0 Å². The molecule has 0 fully saturated rings. The van der Waals surface area contributed by atoms with Crippen molar-refractivity contribution in [1.82, 2.24) is 5.32 Å². The molecule has 112 valence electrons. The van der Waals surface area contributed by atoms with Crippen molar-refractivity contribution >= 4 is 15.9 Å². The van der Waals surface area contributed by atoms with E-state index in [1.54, 1.807) is 0 Å². The van der Waals surface area contributed by atoms with Crippen LogP contribution in [-0.4, -0.2) is 13.2 Å². The zero-order valence-electron chi connectivity index (χ0n) is 12.0. The van der Waals surface area contributed by atoms with Crippen molar-refractivity contribution in [1.29, 1.82) is 0 Å². The molecule has 21 heavy (non-hydrogen) atoms. The Morgan fingerprint density at radius 2 is 1.90 bits per heavy atom. The highest BCUT2D eigenvalue weighted by atomic mass is 79.9. The Hall–Kier alpha value is -1.39. The SMILES string of the molecule is CCOc1ccc(Br)cc1CNCCc1ccc(F)cc1. The van der Waals surface area contributed by atoms with Crippen molar-refractivity contribution in [2.45, 2.75) is 19.9 Å². The summed E-state index contributed by atoms with van der Waals surface area (Å²) in [5.74, 6) is 0.720. The third-order valence-electron chi connectivity index (χ3n) is 3.14. The van der Waals surface area contributed by atoms with Crippen LogP contribution in [0.4, 0.5) is 4.39 Å². The fourth-order valence-electron chi connectivity index (χ4n) is 2.09. The minimum absolute atomic E-state index is 0.192. The van der Waals surface area contributed by atoms with Gasteiger partial charge in [-0.2, -0.15) is 0 Å². The Labute approximate surface area is 133 Å². The van der Waals surface area contributed by atoms with Crippen LogP contribution in [0.1, 0.15) is 18.1 Å². The van der Waals surface area contributed by atoms with Gasteiger partial charge in [0.1, 0.15) is 11.6 Å². The van der Waals surface area contributed by atoms with E-state index in [1.165, 1.54) is 12.1 Å². The Morgan fingerprint density at radius 1 is 1.14 bits per heavy atom. The van der Waals surface area contributed by atoms with Crippen LogP contribution in [0.5, 0.6) is 5.75 Å². The molecule has 0 unspecified atom stereocenters. The quantitative estimate of drug-likeness (QED) is 0.750. The van der Waals surface area contributed by atoms with Gasteiger partial charge in [-0.3, -0.25) is 0 Å². The third-order valence-corrected chi connectivity index (χ3v) is 3.63. The van der Waals surface area contributed by atoms with Crippen LogP contribution in [-0.2, 0) is 13.0 Å². The lowest BCUT2D eigenvalue weighted by Gasteiger charge is -2.11. The summed E-state index contributed by atoms with van der Waals surface area (Å²) < 4.78 is 19.5. The van der Waals surface area contributed by atoms with E-state index in [9.17, 15) is 4.39 Å². The van der Waals surface area contributed by atoms with E-state index in [-0.39, 0.29) is 5.82 Å². The van der Waals surface area contributed by atoms with E-state index in [0.29, 0.717) is 6.61 Å². The first-order chi connectivity index (χ1) is 10.2. The van der Waals surface area contributed by atoms with Crippen LogP contribution in [0.15, 0.2) is 46.9 Å². The Morgan fingerprint density at radius 3 is 2.62 bits per heavy atom. The van der Waals surface area contributed by atoms with E-state index in [2.05, 4.69) is 27.3 Å². The maximum absolute atomic E-state index is 12.8. The number of hydrogen-bond donors (Lipinski definition) is 1.